The number of benzene rings is 3. The van der Waals surface area contributed by atoms with Crippen LogP contribution >= 0.6 is 12.2 Å². The highest BCUT2D eigenvalue weighted by Gasteiger charge is 2.31. The van der Waals surface area contributed by atoms with E-state index in [0.717, 1.165) is 16.8 Å². The lowest BCUT2D eigenvalue weighted by atomic mass is 9.94. The summed E-state index contributed by atoms with van der Waals surface area (Å²) in [6.07, 6.45) is 0. The van der Waals surface area contributed by atoms with Crippen LogP contribution in [0.3, 0.4) is 0 Å². The van der Waals surface area contributed by atoms with E-state index in [1.54, 1.807) is 0 Å². The van der Waals surface area contributed by atoms with E-state index in [2.05, 4.69) is 47.1 Å². The Bertz CT molecular complexity index is 1160. The largest absolute Gasteiger partial charge is 0.489 e. The van der Waals surface area contributed by atoms with Crippen molar-refractivity contribution >= 4 is 28.9 Å². The van der Waals surface area contributed by atoms with Crippen molar-refractivity contribution < 1.29 is 9.53 Å². The number of aryl methyl sites for hydroxylation is 1. The van der Waals surface area contributed by atoms with Gasteiger partial charge < -0.3 is 20.7 Å². The number of hydrogen-bond donors (Lipinski definition) is 3. The monoisotopic (exact) mass is 443 g/mol. The van der Waals surface area contributed by atoms with Crippen molar-refractivity contribution in [1.82, 2.24) is 10.6 Å². The van der Waals surface area contributed by atoms with Gasteiger partial charge in [-0.3, -0.25) is 4.79 Å². The highest BCUT2D eigenvalue weighted by Crippen LogP contribution is 2.34. The number of hydrogen-bond acceptors (Lipinski definition) is 3. The first kappa shape index (κ1) is 21.6. The second-order valence-corrected chi connectivity index (χ2v) is 8.11. The van der Waals surface area contributed by atoms with Gasteiger partial charge in [0.2, 0.25) is 0 Å². The van der Waals surface area contributed by atoms with Gasteiger partial charge in [0.05, 0.1) is 11.6 Å². The Morgan fingerprint density at radius 3 is 2.41 bits per heavy atom. The van der Waals surface area contributed by atoms with Crippen LogP contribution in [-0.2, 0) is 11.4 Å². The zero-order chi connectivity index (χ0) is 22.5. The summed E-state index contributed by atoms with van der Waals surface area (Å²) >= 11 is 5.40. The van der Waals surface area contributed by atoms with Crippen molar-refractivity contribution in [3.63, 3.8) is 0 Å². The molecule has 0 spiro atoms. The van der Waals surface area contributed by atoms with Gasteiger partial charge in [-0.25, -0.2) is 0 Å². The minimum atomic E-state index is -0.443. The summed E-state index contributed by atoms with van der Waals surface area (Å²) in [5.41, 5.74) is 5.13. The molecule has 1 aliphatic rings. The predicted octanol–water partition coefficient (Wildman–Crippen LogP) is 5.01. The number of thiocarbonyl (C=S) groups is 1. The fraction of sp³-hybridized carbons (Fsp3) is 0.154. The summed E-state index contributed by atoms with van der Waals surface area (Å²) in [7, 11) is 0. The molecule has 0 aliphatic carbocycles. The van der Waals surface area contributed by atoms with Crippen LogP contribution in [0.1, 0.15) is 29.7 Å². The number of rotatable bonds is 6. The summed E-state index contributed by atoms with van der Waals surface area (Å²) in [6.45, 7) is 4.35. The average Bonchev–Trinajstić information content (AvgIpc) is 2.79. The molecule has 0 bridgehead atoms. The molecule has 0 saturated heterocycles. The first-order valence-corrected chi connectivity index (χ1v) is 10.8. The van der Waals surface area contributed by atoms with Crippen LogP contribution in [0.2, 0.25) is 0 Å². The maximum atomic E-state index is 13.3. The molecule has 5 nitrogen and oxygen atoms in total. The van der Waals surface area contributed by atoms with Gasteiger partial charge in [-0.15, -0.1) is 0 Å². The van der Waals surface area contributed by atoms with Gasteiger partial charge in [0.25, 0.3) is 5.91 Å². The number of para-hydroxylation sites is 2. The van der Waals surface area contributed by atoms with Gasteiger partial charge >= 0.3 is 0 Å². The van der Waals surface area contributed by atoms with Crippen LogP contribution in [0.25, 0.3) is 0 Å². The fourth-order valence-electron chi connectivity index (χ4n) is 3.64. The van der Waals surface area contributed by atoms with E-state index in [0.29, 0.717) is 28.7 Å². The van der Waals surface area contributed by atoms with Gasteiger partial charge in [0.1, 0.15) is 12.4 Å². The maximum Gasteiger partial charge on any atom is 0.255 e. The van der Waals surface area contributed by atoms with E-state index in [1.807, 2.05) is 61.5 Å². The molecule has 32 heavy (non-hydrogen) atoms. The van der Waals surface area contributed by atoms with Gasteiger partial charge in [0.15, 0.2) is 5.11 Å². The summed E-state index contributed by atoms with van der Waals surface area (Å²) in [4.78, 5) is 13.3. The normalized spacial score (nSPS) is 15.6. The molecule has 4 rings (SSSR count). The maximum absolute atomic E-state index is 13.3. The molecule has 0 fully saturated rings. The molecule has 0 radical (unpaired) electrons. The van der Waals surface area contributed by atoms with Gasteiger partial charge in [-0.2, -0.15) is 0 Å². The molecular formula is C26H25N3O2S. The molecule has 1 aliphatic heterocycles. The molecule has 3 N–H and O–H groups in total. The summed E-state index contributed by atoms with van der Waals surface area (Å²) in [5, 5.41) is 9.77. The number of carbonyl (C=O) groups is 1. The van der Waals surface area contributed by atoms with E-state index >= 15 is 0 Å². The molecule has 162 valence electrons. The summed E-state index contributed by atoms with van der Waals surface area (Å²) in [6, 6.07) is 24.9. The first-order chi connectivity index (χ1) is 15.5. The average molecular weight is 444 g/mol. The molecule has 6 heteroatoms. The van der Waals surface area contributed by atoms with Crippen LogP contribution in [0.4, 0.5) is 5.69 Å². The van der Waals surface area contributed by atoms with Crippen molar-refractivity contribution in [3.05, 3.63) is 107 Å². The van der Waals surface area contributed by atoms with Crippen LogP contribution in [0.15, 0.2) is 90.1 Å². The molecular weight excluding hydrogens is 418 g/mol. The lowest BCUT2D eigenvalue weighted by Crippen LogP contribution is -2.45. The van der Waals surface area contributed by atoms with Gasteiger partial charge in [-0.1, -0.05) is 66.2 Å². The van der Waals surface area contributed by atoms with Gasteiger partial charge in [0, 0.05) is 16.9 Å². The Morgan fingerprint density at radius 1 is 0.969 bits per heavy atom. The highest BCUT2D eigenvalue weighted by molar-refractivity contribution is 7.80. The van der Waals surface area contributed by atoms with Crippen molar-refractivity contribution in [1.29, 1.82) is 0 Å². The standard InChI is InChI=1S/C26H25N3O2S/c1-17-12-14-19(15-13-17)16-31-22-11-7-6-10-21(22)24-23(18(2)27-26(32)29-24)25(30)28-20-8-4-3-5-9-20/h3-15,24H,16H2,1-2H3,(H,28,30)(H2,27,29,32). The smallest absolute Gasteiger partial charge is 0.255 e. The van der Waals surface area contributed by atoms with E-state index in [4.69, 9.17) is 17.0 Å². The fourth-order valence-corrected chi connectivity index (χ4v) is 3.91. The third-order valence-corrected chi connectivity index (χ3v) is 5.51. The second-order valence-electron chi connectivity index (χ2n) is 7.70. The van der Waals surface area contributed by atoms with Crippen molar-refractivity contribution in [2.75, 3.05) is 5.32 Å². The second kappa shape index (κ2) is 9.66. The summed E-state index contributed by atoms with van der Waals surface area (Å²) in [5.74, 6) is 0.502. The molecule has 1 amide bonds. The number of carbonyl (C=O) groups excluding carboxylic acids is 1. The Morgan fingerprint density at radius 2 is 1.66 bits per heavy atom. The van der Waals surface area contributed by atoms with Gasteiger partial charge in [-0.05, 0) is 49.8 Å². The first-order valence-electron chi connectivity index (χ1n) is 10.4. The topological polar surface area (TPSA) is 62.4 Å². The Balaban J connectivity index is 1.63. The van der Waals surface area contributed by atoms with E-state index in [-0.39, 0.29) is 5.91 Å². The zero-order valence-corrected chi connectivity index (χ0v) is 18.8. The Kier molecular flexibility index (Phi) is 6.52. The lowest BCUT2D eigenvalue weighted by molar-refractivity contribution is -0.113. The van der Waals surface area contributed by atoms with Crippen molar-refractivity contribution in [3.8, 4) is 5.75 Å². The molecule has 3 aromatic carbocycles. The predicted molar refractivity (Wildman–Crippen MR) is 131 cm³/mol. The third-order valence-electron chi connectivity index (χ3n) is 5.29. The molecule has 1 heterocycles. The number of allylic oxidation sites excluding steroid dienone is 1. The van der Waals surface area contributed by atoms with Crippen molar-refractivity contribution in [2.24, 2.45) is 0 Å². The van der Waals surface area contributed by atoms with E-state index in [1.165, 1.54) is 5.56 Å². The van der Waals surface area contributed by atoms with E-state index in [9.17, 15) is 4.79 Å². The quantitative estimate of drug-likeness (QED) is 0.468. The molecule has 1 unspecified atom stereocenters. The van der Waals surface area contributed by atoms with Crippen LogP contribution < -0.4 is 20.7 Å². The molecule has 0 saturated carbocycles. The zero-order valence-electron chi connectivity index (χ0n) is 18.0. The number of anilines is 1. The number of amides is 1. The van der Waals surface area contributed by atoms with Crippen molar-refractivity contribution in [2.45, 2.75) is 26.5 Å². The molecule has 0 aromatic heterocycles. The number of nitrogens with one attached hydrogen (secondary N) is 3. The Hall–Kier alpha value is -3.64. The van der Waals surface area contributed by atoms with Crippen LogP contribution in [-0.4, -0.2) is 11.0 Å². The number of ether oxygens (including phenoxy) is 1. The van der Waals surface area contributed by atoms with E-state index < -0.39 is 6.04 Å². The lowest BCUT2D eigenvalue weighted by Gasteiger charge is -2.31. The minimum absolute atomic E-state index is 0.200. The molecule has 1 atom stereocenters. The third kappa shape index (κ3) is 4.98. The van der Waals surface area contributed by atoms with Crippen LogP contribution in [0, 0.1) is 6.92 Å². The Labute approximate surface area is 193 Å². The molecule has 3 aromatic rings. The minimum Gasteiger partial charge on any atom is -0.489 e. The van der Waals surface area contributed by atoms with Crippen LogP contribution in [0.5, 0.6) is 5.75 Å². The summed E-state index contributed by atoms with van der Waals surface area (Å²) < 4.78 is 6.18. The SMILES string of the molecule is CC1=C(C(=O)Nc2ccccc2)C(c2ccccc2OCc2ccc(C)cc2)NC(=S)N1. The highest BCUT2D eigenvalue weighted by atomic mass is 32.1.